The minimum absolute atomic E-state index is 0.147. The minimum atomic E-state index is -0.737. The summed E-state index contributed by atoms with van der Waals surface area (Å²) in [6.07, 6.45) is 1.65. The van der Waals surface area contributed by atoms with Crippen molar-refractivity contribution < 1.29 is 24.1 Å². The van der Waals surface area contributed by atoms with Crippen LogP contribution < -0.4 is 14.2 Å². The van der Waals surface area contributed by atoms with Gasteiger partial charge in [-0.3, -0.25) is 25.2 Å². The Balaban J connectivity index is 1.54. The summed E-state index contributed by atoms with van der Waals surface area (Å²) in [5.74, 6) is 1.82. The number of hydrogen-bond acceptors (Lipinski definition) is 8. The van der Waals surface area contributed by atoms with Crippen molar-refractivity contribution in [2.45, 2.75) is 0 Å². The third-order valence-electron chi connectivity index (χ3n) is 4.99. The van der Waals surface area contributed by atoms with Crippen LogP contribution in [0.3, 0.4) is 0 Å². The van der Waals surface area contributed by atoms with Crippen molar-refractivity contribution in [3.05, 3.63) is 114 Å². The molecule has 0 aliphatic rings. The molecule has 37 heavy (non-hydrogen) atoms. The lowest BCUT2D eigenvalue weighted by molar-refractivity contribution is -0.394. The molecule has 0 aliphatic heterocycles. The maximum atomic E-state index is 11.5. The Morgan fingerprint density at radius 2 is 1.51 bits per heavy atom. The summed E-state index contributed by atoms with van der Waals surface area (Å²) in [5.41, 5.74) is 0.469. The van der Waals surface area contributed by atoms with E-state index in [1.807, 2.05) is 77.2 Å². The number of para-hydroxylation sites is 1. The molecule has 0 aliphatic carbocycles. The number of aliphatic imine (C=N–C) groups is 1. The van der Waals surface area contributed by atoms with Gasteiger partial charge in [0.2, 0.25) is 5.75 Å². The van der Waals surface area contributed by atoms with Gasteiger partial charge in [0.15, 0.2) is 11.5 Å². The molecular weight excluding hydrogens is 593 g/mol. The average molecular weight is 611 g/mol. The largest absolute Gasteiger partial charge is 0.493 e. The van der Waals surface area contributed by atoms with Crippen LogP contribution in [-0.2, 0) is 0 Å². The van der Waals surface area contributed by atoms with Crippen LogP contribution in [0, 0.1) is 23.8 Å². The zero-order valence-corrected chi connectivity index (χ0v) is 21.4. The second-order valence-electron chi connectivity index (χ2n) is 7.47. The van der Waals surface area contributed by atoms with Gasteiger partial charge in [-0.15, -0.1) is 0 Å². The van der Waals surface area contributed by atoms with Crippen molar-refractivity contribution in [2.24, 2.45) is 4.99 Å². The van der Waals surface area contributed by atoms with E-state index in [2.05, 4.69) is 4.99 Å². The van der Waals surface area contributed by atoms with E-state index in [-0.39, 0.29) is 11.5 Å². The maximum Gasteiger partial charge on any atom is 0.318 e. The minimum Gasteiger partial charge on any atom is -0.493 e. The standard InChI is InChI=1S/C26H18IN3O7/c1-35-25-14-17(16-28-18-7-10-21(11-8-18)36-20-5-3-2-4-6-20)13-22(27)26(25)37-24-12-9-19(29(31)32)15-23(24)30(33)34/h2-16H,1H3. The summed E-state index contributed by atoms with van der Waals surface area (Å²) in [7, 11) is 1.44. The zero-order chi connectivity index (χ0) is 26.4. The number of nitro groups is 2. The van der Waals surface area contributed by atoms with Gasteiger partial charge in [0.05, 0.1) is 32.3 Å². The Kier molecular flexibility index (Phi) is 7.93. The fraction of sp³-hybridized carbons (Fsp3) is 0.0385. The van der Waals surface area contributed by atoms with Crippen LogP contribution >= 0.6 is 22.6 Å². The lowest BCUT2D eigenvalue weighted by atomic mass is 10.2. The van der Waals surface area contributed by atoms with Crippen molar-refractivity contribution >= 4 is 45.9 Å². The summed E-state index contributed by atoms with van der Waals surface area (Å²) in [6.45, 7) is 0. The van der Waals surface area contributed by atoms with Crippen molar-refractivity contribution in [2.75, 3.05) is 7.11 Å². The van der Waals surface area contributed by atoms with Crippen LogP contribution in [0.25, 0.3) is 0 Å². The van der Waals surface area contributed by atoms with E-state index in [1.54, 1.807) is 18.3 Å². The highest BCUT2D eigenvalue weighted by atomic mass is 127. The number of benzene rings is 4. The molecule has 11 heteroatoms. The van der Waals surface area contributed by atoms with Gasteiger partial charge in [0.25, 0.3) is 5.69 Å². The van der Waals surface area contributed by atoms with E-state index < -0.39 is 21.2 Å². The van der Waals surface area contributed by atoms with E-state index in [4.69, 9.17) is 14.2 Å². The number of halogens is 1. The molecule has 0 heterocycles. The highest BCUT2D eigenvalue weighted by Gasteiger charge is 2.23. The molecule has 186 valence electrons. The Hall–Kier alpha value is -4.52. The molecule has 0 N–H and O–H groups in total. The van der Waals surface area contributed by atoms with Gasteiger partial charge in [-0.25, -0.2) is 0 Å². The van der Waals surface area contributed by atoms with E-state index in [9.17, 15) is 20.2 Å². The monoisotopic (exact) mass is 611 g/mol. The molecule has 4 aromatic carbocycles. The molecule has 0 spiro atoms. The molecule has 0 saturated heterocycles. The van der Waals surface area contributed by atoms with Gasteiger partial charge >= 0.3 is 5.69 Å². The molecule has 10 nitrogen and oxygen atoms in total. The number of ether oxygens (including phenoxy) is 3. The lowest BCUT2D eigenvalue weighted by Gasteiger charge is -2.13. The van der Waals surface area contributed by atoms with Gasteiger partial charge in [-0.05, 0) is 82.8 Å². The molecule has 4 aromatic rings. The van der Waals surface area contributed by atoms with Gasteiger partial charge in [0, 0.05) is 12.3 Å². The Bertz CT molecular complexity index is 1480. The van der Waals surface area contributed by atoms with Crippen LogP contribution in [0.15, 0.2) is 89.9 Å². The Morgan fingerprint density at radius 1 is 0.811 bits per heavy atom. The smallest absolute Gasteiger partial charge is 0.318 e. The average Bonchev–Trinajstić information content (AvgIpc) is 2.90. The molecule has 0 fully saturated rings. The number of methoxy groups -OCH3 is 1. The molecule has 4 rings (SSSR count). The van der Waals surface area contributed by atoms with Crippen LogP contribution in [0.4, 0.5) is 17.1 Å². The number of rotatable bonds is 9. The van der Waals surface area contributed by atoms with Crippen LogP contribution in [0.1, 0.15) is 5.56 Å². The molecule has 0 atom stereocenters. The topological polar surface area (TPSA) is 126 Å². The Labute approximate surface area is 224 Å². The fourth-order valence-corrected chi connectivity index (χ4v) is 3.98. The molecule has 0 amide bonds. The van der Waals surface area contributed by atoms with E-state index in [0.717, 1.165) is 17.9 Å². The third kappa shape index (κ3) is 6.38. The van der Waals surface area contributed by atoms with Crippen LogP contribution in [0.2, 0.25) is 0 Å². The van der Waals surface area contributed by atoms with Crippen molar-refractivity contribution in [1.82, 2.24) is 0 Å². The van der Waals surface area contributed by atoms with Crippen LogP contribution in [0.5, 0.6) is 28.7 Å². The normalized spacial score (nSPS) is 10.8. The van der Waals surface area contributed by atoms with Gasteiger partial charge in [0.1, 0.15) is 11.5 Å². The summed E-state index contributed by atoms with van der Waals surface area (Å²) < 4.78 is 17.6. The van der Waals surface area contributed by atoms with E-state index >= 15 is 0 Å². The fourth-order valence-electron chi connectivity index (χ4n) is 3.25. The van der Waals surface area contributed by atoms with E-state index in [1.165, 1.54) is 13.2 Å². The summed E-state index contributed by atoms with van der Waals surface area (Å²) in [5, 5.41) is 22.5. The SMILES string of the molecule is COc1cc(C=Nc2ccc(Oc3ccccc3)cc2)cc(I)c1Oc1ccc([N+](=O)[O-])cc1[N+](=O)[O-]. The van der Waals surface area contributed by atoms with Gasteiger partial charge in [-0.2, -0.15) is 0 Å². The predicted octanol–water partition coefficient (Wildman–Crippen LogP) is 7.45. The molecule has 0 saturated carbocycles. The maximum absolute atomic E-state index is 11.5. The second kappa shape index (κ2) is 11.5. The Morgan fingerprint density at radius 3 is 2.16 bits per heavy atom. The number of nitro benzene ring substituents is 2. The third-order valence-corrected chi connectivity index (χ3v) is 5.79. The quantitative estimate of drug-likeness (QED) is 0.0833. The first kappa shape index (κ1) is 25.6. The second-order valence-corrected chi connectivity index (χ2v) is 8.63. The first-order valence-electron chi connectivity index (χ1n) is 10.7. The predicted molar refractivity (Wildman–Crippen MR) is 146 cm³/mol. The number of hydrogen-bond donors (Lipinski definition) is 0. The van der Waals surface area contributed by atoms with Gasteiger partial charge < -0.3 is 14.2 Å². The molecule has 0 unspecified atom stereocenters. The van der Waals surface area contributed by atoms with Gasteiger partial charge in [-0.1, -0.05) is 18.2 Å². The van der Waals surface area contributed by atoms with Crippen molar-refractivity contribution in [3.63, 3.8) is 0 Å². The molecular formula is C26H18IN3O7. The first-order chi connectivity index (χ1) is 17.8. The highest BCUT2D eigenvalue weighted by Crippen LogP contribution is 2.41. The zero-order valence-electron chi connectivity index (χ0n) is 19.2. The molecule has 0 bridgehead atoms. The number of nitrogens with zero attached hydrogens (tertiary/aromatic N) is 3. The summed E-state index contributed by atoms with van der Waals surface area (Å²) in [6, 6.07) is 23.3. The van der Waals surface area contributed by atoms with Crippen LogP contribution in [-0.4, -0.2) is 23.2 Å². The van der Waals surface area contributed by atoms with Crippen molar-refractivity contribution in [1.29, 1.82) is 0 Å². The highest BCUT2D eigenvalue weighted by molar-refractivity contribution is 14.1. The molecule has 0 aromatic heterocycles. The summed E-state index contributed by atoms with van der Waals surface area (Å²) >= 11 is 2.02. The van der Waals surface area contributed by atoms with Crippen molar-refractivity contribution in [3.8, 4) is 28.7 Å². The number of non-ortho nitro benzene ring substituents is 1. The molecule has 0 radical (unpaired) electrons. The van der Waals surface area contributed by atoms with E-state index in [0.29, 0.717) is 26.3 Å². The lowest BCUT2D eigenvalue weighted by Crippen LogP contribution is -1.99. The summed E-state index contributed by atoms with van der Waals surface area (Å²) in [4.78, 5) is 25.5. The first-order valence-corrected chi connectivity index (χ1v) is 11.8.